The van der Waals surface area contributed by atoms with E-state index in [1.54, 1.807) is 4.90 Å². The molecular formula is C19H22BrN3O3. The Morgan fingerprint density at radius 1 is 1.23 bits per heavy atom. The van der Waals surface area contributed by atoms with Gasteiger partial charge >= 0.3 is 6.09 Å². The molecule has 2 aliphatic rings. The lowest BCUT2D eigenvalue weighted by atomic mass is 10.0. The van der Waals surface area contributed by atoms with E-state index in [2.05, 4.69) is 50.3 Å². The third-order valence-electron chi connectivity index (χ3n) is 4.76. The highest BCUT2D eigenvalue weighted by molar-refractivity contribution is 9.10. The van der Waals surface area contributed by atoms with Gasteiger partial charge in [-0.3, -0.25) is 0 Å². The number of carbonyl (C=O) groups excluding carboxylic acids is 1. The Labute approximate surface area is 161 Å². The van der Waals surface area contributed by atoms with Crippen molar-refractivity contribution in [2.75, 3.05) is 13.1 Å². The summed E-state index contributed by atoms with van der Waals surface area (Å²) >= 11 is 3.46. The fourth-order valence-corrected chi connectivity index (χ4v) is 3.49. The van der Waals surface area contributed by atoms with E-state index in [0.29, 0.717) is 36.6 Å². The van der Waals surface area contributed by atoms with Gasteiger partial charge in [0.25, 0.3) is 0 Å². The van der Waals surface area contributed by atoms with Crippen LogP contribution in [0.4, 0.5) is 4.79 Å². The maximum Gasteiger partial charge on any atom is 0.410 e. The van der Waals surface area contributed by atoms with Gasteiger partial charge in [-0.1, -0.05) is 33.2 Å². The van der Waals surface area contributed by atoms with Crippen molar-refractivity contribution < 1.29 is 14.1 Å². The van der Waals surface area contributed by atoms with E-state index >= 15 is 0 Å². The maximum absolute atomic E-state index is 12.0. The van der Waals surface area contributed by atoms with Gasteiger partial charge in [0, 0.05) is 23.5 Å². The third kappa shape index (κ3) is 3.63. The van der Waals surface area contributed by atoms with E-state index in [0.717, 1.165) is 10.9 Å². The molecule has 2 fully saturated rings. The first kappa shape index (κ1) is 17.5. The first-order valence-corrected chi connectivity index (χ1v) is 9.66. The first-order valence-electron chi connectivity index (χ1n) is 8.87. The predicted molar refractivity (Wildman–Crippen MR) is 99.1 cm³/mol. The molecule has 1 aliphatic heterocycles. The van der Waals surface area contributed by atoms with Crippen LogP contribution in [-0.2, 0) is 4.74 Å². The molecule has 0 N–H and O–H groups in total. The summed E-state index contributed by atoms with van der Waals surface area (Å²) in [5.41, 5.74) is 0.827. The largest absolute Gasteiger partial charge is 0.444 e. The molecule has 2 heterocycles. The number of hydrogen-bond donors (Lipinski definition) is 0. The van der Waals surface area contributed by atoms with Crippen LogP contribution in [0.15, 0.2) is 33.3 Å². The summed E-state index contributed by atoms with van der Waals surface area (Å²) in [6.45, 7) is 6.75. The SMILES string of the molecule is CC(C)(C)OC(=O)N1CC(c2noc([C@@H]3C[C@H]3c3ccc(Br)cc3)n2)C1. The lowest BCUT2D eigenvalue weighted by Crippen LogP contribution is -2.50. The van der Waals surface area contributed by atoms with Crippen LogP contribution >= 0.6 is 15.9 Å². The topological polar surface area (TPSA) is 68.5 Å². The number of carbonyl (C=O) groups is 1. The van der Waals surface area contributed by atoms with Crippen molar-refractivity contribution in [3.8, 4) is 0 Å². The van der Waals surface area contributed by atoms with Crippen molar-refractivity contribution in [1.82, 2.24) is 15.0 Å². The van der Waals surface area contributed by atoms with E-state index in [1.807, 2.05) is 20.8 Å². The molecule has 1 aromatic heterocycles. The Bertz CT molecular complexity index is 806. The van der Waals surface area contributed by atoms with E-state index in [4.69, 9.17) is 9.26 Å². The smallest absolute Gasteiger partial charge is 0.410 e. The number of ether oxygens (including phenoxy) is 1. The number of likely N-dealkylation sites (tertiary alicyclic amines) is 1. The van der Waals surface area contributed by atoms with Crippen molar-refractivity contribution in [2.45, 2.75) is 50.5 Å². The van der Waals surface area contributed by atoms with Gasteiger partial charge in [-0.25, -0.2) is 4.79 Å². The van der Waals surface area contributed by atoms with Crippen molar-refractivity contribution >= 4 is 22.0 Å². The van der Waals surface area contributed by atoms with Crippen LogP contribution in [0.1, 0.15) is 62.2 Å². The number of aromatic nitrogens is 2. The van der Waals surface area contributed by atoms with E-state index in [-0.39, 0.29) is 12.0 Å². The van der Waals surface area contributed by atoms with Gasteiger partial charge in [0.1, 0.15) is 5.60 Å². The third-order valence-corrected chi connectivity index (χ3v) is 5.29. The highest BCUT2D eigenvalue weighted by atomic mass is 79.9. The van der Waals surface area contributed by atoms with E-state index < -0.39 is 5.60 Å². The van der Waals surface area contributed by atoms with E-state index in [1.165, 1.54) is 5.56 Å². The molecule has 0 unspecified atom stereocenters. The van der Waals surface area contributed by atoms with E-state index in [9.17, 15) is 4.79 Å². The zero-order valence-corrected chi connectivity index (χ0v) is 16.7. The second-order valence-corrected chi connectivity index (χ2v) is 8.99. The molecular weight excluding hydrogens is 398 g/mol. The Hall–Kier alpha value is -1.89. The Morgan fingerprint density at radius 3 is 2.58 bits per heavy atom. The molecule has 1 aromatic carbocycles. The van der Waals surface area contributed by atoms with Gasteiger partial charge in [-0.15, -0.1) is 0 Å². The van der Waals surface area contributed by atoms with Crippen molar-refractivity contribution in [3.63, 3.8) is 0 Å². The maximum atomic E-state index is 12.0. The molecule has 6 nitrogen and oxygen atoms in total. The molecule has 4 rings (SSSR count). The summed E-state index contributed by atoms with van der Waals surface area (Å²) in [5, 5.41) is 4.14. The standard InChI is InChI=1S/C19H22BrN3O3/c1-19(2,3)25-18(24)23-9-12(10-23)16-21-17(26-22-16)15-8-14(15)11-4-6-13(20)7-5-11/h4-7,12,14-15H,8-10H2,1-3H3/t14-,15+/m0/s1. The summed E-state index contributed by atoms with van der Waals surface area (Å²) in [6, 6.07) is 8.39. The minimum atomic E-state index is -0.477. The lowest BCUT2D eigenvalue weighted by molar-refractivity contribution is 0.00734. The molecule has 7 heteroatoms. The van der Waals surface area contributed by atoms with Gasteiger partial charge in [-0.2, -0.15) is 4.98 Å². The van der Waals surface area contributed by atoms with Crippen LogP contribution in [-0.4, -0.2) is 39.8 Å². The number of amides is 1. The van der Waals surface area contributed by atoms with Gasteiger partial charge in [-0.05, 0) is 50.8 Å². The molecule has 0 bridgehead atoms. The normalized spacial score (nSPS) is 22.8. The van der Waals surface area contributed by atoms with Crippen LogP contribution in [0, 0.1) is 0 Å². The van der Waals surface area contributed by atoms with Gasteiger partial charge < -0.3 is 14.2 Å². The molecule has 1 aliphatic carbocycles. The van der Waals surface area contributed by atoms with Crippen molar-refractivity contribution in [2.24, 2.45) is 0 Å². The number of hydrogen-bond acceptors (Lipinski definition) is 5. The Kier molecular flexibility index (Phi) is 4.29. The monoisotopic (exact) mass is 419 g/mol. The second-order valence-electron chi connectivity index (χ2n) is 8.07. The number of benzene rings is 1. The van der Waals surface area contributed by atoms with Gasteiger partial charge in [0.2, 0.25) is 5.89 Å². The minimum Gasteiger partial charge on any atom is -0.444 e. The molecule has 0 spiro atoms. The molecule has 138 valence electrons. The zero-order valence-electron chi connectivity index (χ0n) is 15.1. The molecule has 1 saturated carbocycles. The molecule has 0 radical (unpaired) electrons. The van der Waals surface area contributed by atoms with Crippen molar-refractivity contribution in [3.05, 3.63) is 46.0 Å². The molecule has 2 aromatic rings. The van der Waals surface area contributed by atoms with Crippen LogP contribution in [0.3, 0.4) is 0 Å². The summed E-state index contributed by atoms with van der Waals surface area (Å²) in [5.74, 6) is 2.30. The van der Waals surface area contributed by atoms with Crippen LogP contribution in [0.2, 0.25) is 0 Å². The van der Waals surface area contributed by atoms with Gasteiger partial charge in [0.05, 0.1) is 5.92 Å². The lowest BCUT2D eigenvalue weighted by Gasteiger charge is -2.38. The quantitative estimate of drug-likeness (QED) is 0.735. The highest BCUT2D eigenvalue weighted by Gasteiger charge is 2.45. The van der Waals surface area contributed by atoms with Crippen LogP contribution in [0.25, 0.3) is 0 Å². The summed E-state index contributed by atoms with van der Waals surface area (Å²) in [4.78, 5) is 18.3. The predicted octanol–water partition coefficient (Wildman–Crippen LogP) is 4.44. The average Bonchev–Trinajstić information content (AvgIpc) is 3.15. The number of nitrogens with zero attached hydrogens (tertiary/aromatic N) is 3. The number of rotatable bonds is 3. The van der Waals surface area contributed by atoms with Crippen molar-refractivity contribution in [1.29, 1.82) is 0 Å². The number of halogens is 1. The zero-order chi connectivity index (χ0) is 18.5. The fourth-order valence-electron chi connectivity index (χ4n) is 3.23. The minimum absolute atomic E-state index is 0.130. The summed E-state index contributed by atoms with van der Waals surface area (Å²) in [7, 11) is 0. The Morgan fingerprint density at radius 2 is 1.92 bits per heavy atom. The molecule has 1 amide bonds. The Balaban J connectivity index is 1.33. The van der Waals surface area contributed by atoms with Crippen LogP contribution in [0.5, 0.6) is 0 Å². The first-order chi connectivity index (χ1) is 12.3. The molecule has 26 heavy (non-hydrogen) atoms. The average molecular weight is 420 g/mol. The molecule has 1 saturated heterocycles. The second kappa shape index (κ2) is 6.37. The summed E-state index contributed by atoms with van der Waals surface area (Å²) < 4.78 is 11.9. The fraction of sp³-hybridized carbons (Fsp3) is 0.526. The van der Waals surface area contributed by atoms with Gasteiger partial charge in [0.15, 0.2) is 5.82 Å². The summed E-state index contributed by atoms with van der Waals surface area (Å²) in [6.07, 6.45) is 0.757. The van der Waals surface area contributed by atoms with Crippen LogP contribution < -0.4 is 0 Å². The molecule has 2 atom stereocenters. The highest BCUT2D eigenvalue weighted by Crippen LogP contribution is 2.54.